The number of amides is 2. The van der Waals surface area contributed by atoms with E-state index in [2.05, 4.69) is 26.1 Å². The number of nitrogens with one attached hydrogen (secondary N) is 1. The lowest BCUT2D eigenvalue weighted by atomic mass is 9.72. The van der Waals surface area contributed by atoms with Gasteiger partial charge >= 0.3 is 0 Å². The minimum absolute atomic E-state index is 0.206. The smallest absolute Gasteiger partial charge is 0.256 e. The molecule has 0 radical (unpaired) electrons. The fourth-order valence-electron chi connectivity index (χ4n) is 3.64. The van der Waals surface area contributed by atoms with Gasteiger partial charge in [0, 0.05) is 10.4 Å². The Morgan fingerprint density at radius 2 is 2.00 bits per heavy atom. The number of primary amides is 1. The highest BCUT2D eigenvalue weighted by Crippen LogP contribution is 2.44. The summed E-state index contributed by atoms with van der Waals surface area (Å²) in [4.78, 5) is 25.9. The molecule has 0 saturated heterocycles. The van der Waals surface area contributed by atoms with Crippen molar-refractivity contribution in [2.75, 3.05) is 5.32 Å². The maximum atomic E-state index is 12.6. The molecule has 1 aromatic carbocycles. The first kappa shape index (κ1) is 18.6. The summed E-state index contributed by atoms with van der Waals surface area (Å²) in [7, 11) is 0. The third-order valence-corrected chi connectivity index (χ3v) is 6.41. The Morgan fingerprint density at radius 3 is 2.62 bits per heavy atom. The highest BCUT2D eigenvalue weighted by molar-refractivity contribution is 7.17. The van der Waals surface area contributed by atoms with Gasteiger partial charge in [0.05, 0.1) is 5.56 Å². The van der Waals surface area contributed by atoms with Crippen molar-refractivity contribution in [2.45, 2.75) is 47.0 Å². The Morgan fingerprint density at radius 1 is 1.27 bits per heavy atom. The van der Waals surface area contributed by atoms with Gasteiger partial charge in [-0.05, 0) is 55.2 Å². The zero-order valence-corrected chi connectivity index (χ0v) is 16.6. The van der Waals surface area contributed by atoms with E-state index in [9.17, 15) is 9.59 Å². The van der Waals surface area contributed by atoms with Crippen molar-refractivity contribution >= 4 is 28.2 Å². The van der Waals surface area contributed by atoms with Crippen LogP contribution in [0.5, 0.6) is 0 Å². The normalized spacial score (nSPS) is 16.8. The SMILES string of the molecule is Cc1cccc(C(=O)Nc2sc3c(c2C(N)=O)CC[C@@H](C(C)(C)C)C3)c1. The lowest BCUT2D eigenvalue weighted by molar-refractivity contribution is 0.1000. The van der Waals surface area contributed by atoms with Crippen LogP contribution in [0, 0.1) is 18.3 Å². The van der Waals surface area contributed by atoms with E-state index in [0.29, 0.717) is 22.0 Å². The summed E-state index contributed by atoms with van der Waals surface area (Å²) < 4.78 is 0. The predicted octanol–water partition coefficient (Wildman–Crippen LogP) is 4.56. The number of carbonyl (C=O) groups excluding carboxylic acids is 2. The molecule has 1 aliphatic carbocycles. The third kappa shape index (κ3) is 3.68. The van der Waals surface area contributed by atoms with Gasteiger partial charge in [0.1, 0.15) is 5.00 Å². The Labute approximate surface area is 158 Å². The van der Waals surface area contributed by atoms with Crippen LogP contribution in [0.1, 0.15) is 63.9 Å². The van der Waals surface area contributed by atoms with E-state index in [0.717, 1.165) is 30.4 Å². The number of anilines is 1. The molecule has 2 aromatic rings. The fourth-order valence-corrected chi connectivity index (χ4v) is 4.96. The number of carbonyl (C=O) groups is 2. The Balaban J connectivity index is 1.92. The molecule has 0 unspecified atom stereocenters. The van der Waals surface area contributed by atoms with Gasteiger partial charge in [0.15, 0.2) is 0 Å². The molecule has 3 N–H and O–H groups in total. The predicted molar refractivity (Wildman–Crippen MR) is 107 cm³/mol. The second-order valence-corrected chi connectivity index (χ2v) is 9.31. The van der Waals surface area contributed by atoms with E-state index in [4.69, 9.17) is 5.73 Å². The van der Waals surface area contributed by atoms with Crippen molar-refractivity contribution < 1.29 is 9.59 Å². The first-order valence-electron chi connectivity index (χ1n) is 8.99. The van der Waals surface area contributed by atoms with Crippen LogP contribution in [-0.4, -0.2) is 11.8 Å². The van der Waals surface area contributed by atoms with Crippen molar-refractivity contribution in [3.63, 3.8) is 0 Å². The van der Waals surface area contributed by atoms with E-state index in [1.807, 2.05) is 25.1 Å². The van der Waals surface area contributed by atoms with Crippen molar-refractivity contribution in [1.82, 2.24) is 0 Å². The first-order valence-corrected chi connectivity index (χ1v) is 9.81. The van der Waals surface area contributed by atoms with Crippen molar-refractivity contribution in [1.29, 1.82) is 0 Å². The van der Waals surface area contributed by atoms with E-state index >= 15 is 0 Å². The molecule has 2 amide bonds. The Hall–Kier alpha value is -2.14. The van der Waals surface area contributed by atoms with Crippen LogP contribution in [0.2, 0.25) is 0 Å². The Kier molecular flexibility index (Phi) is 4.93. The molecule has 0 spiro atoms. The minimum atomic E-state index is -0.462. The van der Waals surface area contributed by atoms with Crippen LogP contribution in [0.15, 0.2) is 24.3 Å². The number of benzene rings is 1. The highest BCUT2D eigenvalue weighted by atomic mass is 32.1. The van der Waals surface area contributed by atoms with Gasteiger partial charge in [0.25, 0.3) is 11.8 Å². The monoisotopic (exact) mass is 370 g/mol. The second kappa shape index (κ2) is 6.88. The molecule has 138 valence electrons. The summed E-state index contributed by atoms with van der Waals surface area (Å²) in [5, 5.41) is 3.51. The molecule has 0 aliphatic heterocycles. The molecule has 26 heavy (non-hydrogen) atoms. The molecule has 0 saturated carbocycles. The van der Waals surface area contributed by atoms with E-state index in [1.165, 1.54) is 16.2 Å². The van der Waals surface area contributed by atoms with E-state index < -0.39 is 5.91 Å². The molecule has 1 aliphatic rings. The van der Waals surface area contributed by atoms with Crippen LogP contribution in [0.4, 0.5) is 5.00 Å². The number of nitrogens with two attached hydrogens (primary N) is 1. The van der Waals surface area contributed by atoms with Gasteiger partial charge in [0.2, 0.25) is 0 Å². The number of aryl methyl sites for hydroxylation is 1. The van der Waals surface area contributed by atoms with Crippen molar-refractivity contribution in [3.8, 4) is 0 Å². The zero-order valence-electron chi connectivity index (χ0n) is 15.8. The quantitative estimate of drug-likeness (QED) is 0.831. The fraction of sp³-hybridized carbons (Fsp3) is 0.429. The number of thiophene rings is 1. The van der Waals surface area contributed by atoms with Gasteiger partial charge in [-0.15, -0.1) is 11.3 Å². The summed E-state index contributed by atoms with van der Waals surface area (Å²) in [5.74, 6) is -0.104. The number of hydrogen-bond acceptors (Lipinski definition) is 3. The number of rotatable bonds is 3. The van der Waals surface area contributed by atoms with Crippen molar-refractivity contribution in [3.05, 3.63) is 51.4 Å². The van der Waals surface area contributed by atoms with Gasteiger partial charge in [-0.25, -0.2) is 0 Å². The second-order valence-electron chi connectivity index (χ2n) is 8.20. The summed E-state index contributed by atoms with van der Waals surface area (Å²) in [6, 6.07) is 7.41. The largest absolute Gasteiger partial charge is 0.365 e. The molecular formula is C21H26N2O2S. The van der Waals surface area contributed by atoms with Crippen LogP contribution in [-0.2, 0) is 12.8 Å². The summed E-state index contributed by atoms with van der Waals surface area (Å²) in [6.45, 7) is 8.71. The maximum absolute atomic E-state index is 12.6. The summed E-state index contributed by atoms with van der Waals surface area (Å²) in [5.41, 5.74) is 9.01. The molecular weight excluding hydrogens is 344 g/mol. The maximum Gasteiger partial charge on any atom is 0.256 e. The molecule has 1 heterocycles. The number of hydrogen-bond donors (Lipinski definition) is 2. The molecule has 1 atom stereocenters. The van der Waals surface area contributed by atoms with Gasteiger partial charge in [-0.3, -0.25) is 9.59 Å². The third-order valence-electron chi connectivity index (χ3n) is 5.24. The summed E-state index contributed by atoms with van der Waals surface area (Å²) >= 11 is 1.50. The molecule has 1 aromatic heterocycles. The van der Waals surface area contributed by atoms with E-state index in [1.54, 1.807) is 6.07 Å². The lowest BCUT2D eigenvalue weighted by Crippen LogP contribution is -2.27. The topological polar surface area (TPSA) is 72.2 Å². The Bertz CT molecular complexity index is 861. The molecule has 4 nitrogen and oxygen atoms in total. The van der Waals surface area contributed by atoms with Crippen LogP contribution >= 0.6 is 11.3 Å². The zero-order chi connectivity index (χ0) is 19.1. The number of fused-ring (bicyclic) bond motifs is 1. The van der Waals surface area contributed by atoms with Gasteiger partial charge < -0.3 is 11.1 Å². The van der Waals surface area contributed by atoms with Crippen LogP contribution in [0.25, 0.3) is 0 Å². The molecule has 0 bridgehead atoms. The lowest BCUT2D eigenvalue weighted by Gasteiger charge is -2.33. The first-order chi connectivity index (χ1) is 12.2. The van der Waals surface area contributed by atoms with Gasteiger partial charge in [-0.2, -0.15) is 0 Å². The van der Waals surface area contributed by atoms with Gasteiger partial charge in [-0.1, -0.05) is 38.5 Å². The molecule has 5 heteroatoms. The standard InChI is InChI=1S/C21H26N2O2S/c1-12-6-5-7-13(10-12)19(25)23-20-17(18(22)24)15-9-8-14(21(2,3)4)11-16(15)26-20/h5-7,10,14H,8-9,11H2,1-4H3,(H2,22,24)(H,23,25)/t14-/m1/s1. The van der Waals surface area contributed by atoms with Crippen LogP contribution in [0.3, 0.4) is 0 Å². The average molecular weight is 371 g/mol. The summed E-state index contributed by atoms with van der Waals surface area (Å²) in [6.07, 6.45) is 2.81. The highest BCUT2D eigenvalue weighted by Gasteiger charge is 2.33. The minimum Gasteiger partial charge on any atom is -0.365 e. The van der Waals surface area contributed by atoms with E-state index in [-0.39, 0.29) is 11.3 Å². The molecule has 3 rings (SSSR count). The van der Waals surface area contributed by atoms with Crippen molar-refractivity contribution in [2.24, 2.45) is 17.1 Å². The van der Waals surface area contributed by atoms with Crippen LogP contribution < -0.4 is 11.1 Å². The molecule has 0 fully saturated rings. The average Bonchev–Trinajstić information content (AvgIpc) is 2.91.